The molecule has 4 nitrogen and oxygen atoms in total. The topological polar surface area (TPSA) is 51.3 Å². The predicted octanol–water partition coefficient (Wildman–Crippen LogP) is 2.89. The van der Waals surface area contributed by atoms with Gasteiger partial charge in [-0.3, -0.25) is 4.79 Å². The van der Waals surface area contributed by atoms with Gasteiger partial charge < -0.3 is 15.2 Å². The fourth-order valence-electron chi connectivity index (χ4n) is 3.04. The van der Waals surface area contributed by atoms with E-state index in [1.165, 1.54) is 0 Å². The smallest absolute Gasteiger partial charge is 0.270 e. The third kappa shape index (κ3) is 3.18. The second kappa shape index (κ2) is 6.64. The maximum atomic E-state index is 12.8. The number of nitrogens with zero attached hydrogens (tertiary/aromatic N) is 2. The molecule has 1 aromatic heterocycles. The molecule has 2 rings (SSSR count). The van der Waals surface area contributed by atoms with Crippen LogP contribution in [0.25, 0.3) is 0 Å². The summed E-state index contributed by atoms with van der Waals surface area (Å²) in [6.45, 7) is 5.53. The minimum absolute atomic E-state index is 0.0849. The Morgan fingerprint density at radius 1 is 1.40 bits per heavy atom. The second-order valence-electron chi connectivity index (χ2n) is 5.49. The molecule has 0 atom stereocenters. The molecule has 1 aliphatic carbocycles. The summed E-state index contributed by atoms with van der Waals surface area (Å²) in [5.74, 6) is 0.0849. The normalized spacial score (nSPS) is 22.8. The fourth-order valence-corrected chi connectivity index (χ4v) is 3.26. The minimum Gasteiger partial charge on any atom is -0.342 e. The fraction of sp³-hybridized carbons (Fsp3) is 0.667. The Labute approximate surface area is 125 Å². The summed E-state index contributed by atoms with van der Waals surface area (Å²) < 4.78 is 1.92. The van der Waals surface area contributed by atoms with Crippen LogP contribution in [-0.2, 0) is 6.54 Å². The first-order chi connectivity index (χ1) is 9.56. The van der Waals surface area contributed by atoms with Crippen molar-refractivity contribution in [1.29, 1.82) is 0 Å². The zero-order valence-corrected chi connectivity index (χ0v) is 13.1. The summed E-state index contributed by atoms with van der Waals surface area (Å²) in [4.78, 5) is 14.7. The molecule has 1 fully saturated rings. The van der Waals surface area contributed by atoms with Crippen molar-refractivity contribution < 1.29 is 4.79 Å². The summed E-state index contributed by atoms with van der Waals surface area (Å²) in [5.41, 5.74) is 6.64. The molecule has 2 N–H and O–H groups in total. The largest absolute Gasteiger partial charge is 0.342 e. The van der Waals surface area contributed by atoms with Crippen LogP contribution in [0.4, 0.5) is 0 Å². The van der Waals surface area contributed by atoms with Crippen molar-refractivity contribution in [2.75, 3.05) is 6.54 Å². The van der Waals surface area contributed by atoms with E-state index >= 15 is 0 Å². The standard InChI is InChI=1S/C15H24ClN3O/c1-3-18-10-11(16)9-14(18)15(20)19(4-2)13-7-5-12(17)6-8-13/h9-10,12-13H,3-8,17H2,1-2H3. The third-order valence-corrected chi connectivity index (χ3v) is 4.41. The zero-order valence-electron chi connectivity index (χ0n) is 12.3. The highest BCUT2D eigenvalue weighted by Crippen LogP contribution is 2.24. The Morgan fingerprint density at radius 3 is 2.60 bits per heavy atom. The number of carbonyl (C=O) groups excluding carboxylic acids is 1. The monoisotopic (exact) mass is 297 g/mol. The van der Waals surface area contributed by atoms with E-state index in [0.717, 1.165) is 38.8 Å². The molecule has 20 heavy (non-hydrogen) atoms. The molecule has 0 spiro atoms. The number of aromatic nitrogens is 1. The van der Waals surface area contributed by atoms with Crippen LogP contribution in [0.1, 0.15) is 50.0 Å². The highest BCUT2D eigenvalue weighted by Gasteiger charge is 2.28. The van der Waals surface area contributed by atoms with Crippen LogP contribution < -0.4 is 5.73 Å². The quantitative estimate of drug-likeness (QED) is 0.929. The minimum atomic E-state index is 0.0849. The van der Waals surface area contributed by atoms with Crippen LogP contribution >= 0.6 is 11.6 Å². The zero-order chi connectivity index (χ0) is 14.7. The van der Waals surface area contributed by atoms with Crippen molar-refractivity contribution in [2.24, 2.45) is 5.73 Å². The van der Waals surface area contributed by atoms with Crippen LogP contribution in [0.2, 0.25) is 5.02 Å². The predicted molar refractivity (Wildman–Crippen MR) is 82.1 cm³/mol. The van der Waals surface area contributed by atoms with Crippen molar-refractivity contribution in [3.05, 3.63) is 23.0 Å². The Hall–Kier alpha value is -1.00. The molecule has 0 bridgehead atoms. The van der Waals surface area contributed by atoms with Crippen molar-refractivity contribution in [3.8, 4) is 0 Å². The molecule has 0 saturated heterocycles. The van der Waals surface area contributed by atoms with Gasteiger partial charge in [0, 0.05) is 31.4 Å². The average Bonchev–Trinajstić information content (AvgIpc) is 2.82. The highest BCUT2D eigenvalue weighted by atomic mass is 35.5. The Bertz CT molecular complexity index is 464. The first kappa shape index (κ1) is 15.4. The van der Waals surface area contributed by atoms with Crippen LogP contribution in [0.15, 0.2) is 12.3 Å². The molecule has 1 aromatic rings. The van der Waals surface area contributed by atoms with Gasteiger partial charge in [0.05, 0.1) is 5.02 Å². The SMILES string of the molecule is CCN(C(=O)c1cc(Cl)cn1CC)C1CCC(N)CC1. The van der Waals surface area contributed by atoms with Crippen LogP contribution in [0.5, 0.6) is 0 Å². The first-order valence-corrected chi connectivity index (χ1v) is 7.86. The number of hydrogen-bond donors (Lipinski definition) is 1. The summed E-state index contributed by atoms with van der Waals surface area (Å²) >= 11 is 6.03. The molecule has 112 valence electrons. The van der Waals surface area contributed by atoms with E-state index in [4.69, 9.17) is 17.3 Å². The van der Waals surface area contributed by atoms with E-state index < -0.39 is 0 Å². The lowest BCUT2D eigenvalue weighted by Gasteiger charge is -2.35. The number of aryl methyl sites for hydroxylation is 1. The summed E-state index contributed by atoms with van der Waals surface area (Å²) in [6.07, 6.45) is 5.83. The van der Waals surface area contributed by atoms with Crippen molar-refractivity contribution in [1.82, 2.24) is 9.47 Å². The summed E-state index contributed by atoms with van der Waals surface area (Å²) in [6, 6.07) is 2.38. The highest BCUT2D eigenvalue weighted by molar-refractivity contribution is 6.31. The second-order valence-corrected chi connectivity index (χ2v) is 5.93. The van der Waals surface area contributed by atoms with Crippen molar-refractivity contribution in [3.63, 3.8) is 0 Å². The number of halogens is 1. The first-order valence-electron chi connectivity index (χ1n) is 7.49. The molecule has 1 saturated carbocycles. The molecule has 5 heteroatoms. The molecule has 0 aromatic carbocycles. The van der Waals surface area contributed by atoms with Crippen molar-refractivity contribution >= 4 is 17.5 Å². The average molecular weight is 298 g/mol. The van der Waals surface area contributed by atoms with Gasteiger partial charge in [-0.15, -0.1) is 0 Å². The van der Waals surface area contributed by atoms with E-state index in [0.29, 0.717) is 22.8 Å². The number of rotatable bonds is 4. The van der Waals surface area contributed by atoms with E-state index in [2.05, 4.69) is 0 Å². The molecular weight excluding hydrogens is 274 g/mol. The summed E-state index contributed by atoms with van der Waals surface area (Å²) in [5, 5.41) is 0.622. The Morgan fingerprint density at radius 2 is 2.05 bits per heavy atom. The third-order valence-electron chi connectivity index (χ3n) is 4.21. The van der Waals surface area contributed by atoms with Gasteiger partial charge in [0.15, 0.2) is 0 Å². The molecule has 1 amide bonds. The van der Waals surface area contributed by atoms with Crippen LogP contribution in [0.3, 0.4) is 0 Å². The lowest BCUT2D eigenvalue weighted by molar-refractivity contribution is 0.0630. The van der Waals surface area contributed by atoms with E-state index in [9.17, 15) is 4.79 Å². The lowest BCUT2D eigenvalue weighted by Crippen LogP contribution is -2.44. The van der Waals surface area contributed by atoms with Crippen molar-refractivity contribution in [2.45, 2.75) is 58.2 Å². The Kier molecular flexibility index (Phi) is 5.11. The number of amides is 1. The lowest BCUT2D eigenvalue weighted by atomic mass is 9.90. The molecule has 1 aliphatic rings. The molecule has 1 heterocycles. The van der Waals surface area contributed by atoms with Crippen LogP contribution in [0, 0.1) is 0 Å². The van der Waals surface area contributed by atoms with Gasteiger partial charge in [0.25, 0.3) is 5.91 Å². The van der Waals surface area contributed by atoms with Gasteiger partial charge in [0.2, 0.25) is 0 Å². The number of hydrogen-bond acceptors (Lipinski definition) is 2. The van der Waals surface area contributed by atoms with E-state index in [1.54, 1.807) is 6.07 Å². The molecular formula is C15H24ClN3O. The molecule has 0 radical (unpaired) electrons. The van der Waals surface area contributed by atoms with E-state index in [1.807, 2.05) is 29.5 Å². The maximum absolute atomic E-state index is 12.8. The Balaban J connectivity index is 2.16. The van der Waals surface area contributed by atoms with Crippen LogP contribution in [-0.4, -0.2) is 34.0 Å². The molecule has 0 unspecified atom stereocenters. The van der Waals surface area contributed by atoms with Gasteiger partial charge in [0.1, 0.15) is 5.69 Å². The van der Waals surface area contributed by atoms with Gasteiger partial charge in [-0.1, -0.05) is 11.6 Å². The van der Waals surface area contributed by atoms with Gasteiger partial charge in [-0.05, 0) is 45.6 Å². The van der Waals surface area contributed by atoms with Gasteiger partial charge in [-0.25, -0.2) is 0 Å². The van der Waals surface area contributed by atoms with E-state index in [-0.39, 0.29) is 5.91 Å². The van der Waals surface area contributed by atoms with Gasteiger partial charge in [-0.2, -0.15) is 0 Å². The number of carbonyl (C=O) groups is 1. The molecule has 0 aliphatic heterocycles. The maximum Gasteiger partial charge on any atom is 0.270 e. The number of nitrogens with two attached hydrogens (primary N) is 1. The summed E-state index contributed by atoms with van der Waals surface area (Å²) in [7, 11) is 0. The van der Waals surface area contributed by atoms with Gasteiger partial charge >= 0.3 is 0 Å².